The van der Waals surface area contributed by atoms with E-state index in [4.69, 9.17) is 14.2 Å². The van der Waals surface area contributed by atoms with E-state index >= 15 is 0 Å². The second kappa shape index (κ2) is 7.02. The number of fused-ring (bicyclic) bond motifs is 1. The zero-order valence-electron chi connectivity index (χ0n) is 14.2. The number of benzene rings is 2. The molecule has 0 bridgehead atoms. The molecule has 1 amide bonds. The Kier molecular flexibility index (Phi) is 4.59. The summed E-state index contributed by atoms with van der Waals surface area (Å²) in [5, 5.41) is 5.12. The first-order chi connectivity index (χ1) is 12.2. The van der Waals surface area contributed by atoms with Crippen LogP contribution in [0.4, 0.5) is 0 Å². The summed E-state index contributed by atoms with van der Waals surface area (Å²) >= 11 is 0. The van der Waals surface area contributed by atoms with Crippen molar-refractivity contribution in [2.24, 2.45) is 0 Å². The zero-order chi connectivity index (χ0) is 17.1. The number of rotatable bonds is 5. The second-order valence-electron chi connectivity index (χ2n) is 6.77. The molecule has 25 heavy (non-hydrogen) atoms. The smallest absolute Gasteiger partial charge is 0.258 e. The minimum atomic E-state index is -0.378. The van der Waals surface area contributed by atoms with E-state index in [-0.39, 0.29) is 24.4 Å². The average Bonchev–Trinajstić information content (AvgIpc) is 3.28. The summed E-state index contributed by atoms with van der Waals surface area (Å²) in [7, 11) is 0. The molecule has 1 aliphatic heterocycles. The number of nitrogens with one attached hydrogen (secondary N) is 1. The maximum Gasteiger partial charge on any atom is 0.258 e. The summed E-state index contributed by atoms with van der Waals surface area (Å²) in [6, 6.07) is 13.9. The molecule has 2 fully saturated rings. The van der Waals surface area contributed by atoms with E-state index in [1.807, 2.05) is 42.5 Å². The standard InChI is InChI=1S/C20H23NO4/c22-19(21-12-18-13-24-20(25-18)9-3-4-10-20)14-23-17-8-7-15-5-1-2-6-16(15)11-17/h1-2,5-8,11,18H,3-4,9-10,12-14H2,(H,21,22)/t18-/m1/s1. The van der Waals surface area contributed by atoms with Gasteiger partial charge in [-0.1, -0.05) is 30.3 Å². The Labute approximate surface area is 147 Å². The first-order valence-corrected chi connectivity index (χ1v) is 8.93. The van der Waals surface area contributed by atoms with E-state index < -0.39 is 0 Å². The third-order valence-electron chi connectivity index (χ3n) is 4.90. The highest BCUT2D eigenvalue weighted by Crippen LogP contribution is 2.38. The van der Waals surface area contributed by atoms with E-state index in [9.17, 15) is 4.79 Å². The molecular formula is C20H23NO4. The van der Waals surface area contributed by atoms with E-state index in [2.05, 4.69) is 5.32 Å². The van der Waals surface area contributed by atoms with Gasteiger partial charge in [-0.15, -0.1) is 0 Å². The van der Waals surface area contributed by atoms with Gasteiger partial charge in [0.25, 0.3) is 5.91 Å². The summed E-state index contributed by atoms with van der Waals surface area (Å²) in [6.07, 6.45) is 4.16. The van der Waals surface area contributed by atoms with Crippen molar-refractivity contribution in [3.63, 3.8) is 0 Å². The predicted molar refractivity (Wildman–Crippen MR) is 94.5 cm³/mol. The van der Waals surface area contributed by atoms with Crippen LogP contribution in [0.25, 0.3) is 10.8 Å². The monoisotopic (exact) mass is 341 g/mol. The molecule has 1 N–H and O–H groups in total. The van der Waals surface area contributed by atoms with Crippen molar-refractivity contribution in [3.05, 3.63) is 42.5 Å². The van der Waals surface area contributed by atoms with Gasteiger partial charge < -0.3 is 19.5 Å². The highest BCUT2D eigenvalue weighted by Gasteiger charge is 2.43. The molecule has 2 aromatic rings. The minimum Gasteiger partial charge on any atom is -0.484 e. The fraction of sp³-hybridized carbons (Fsp3) is 0.450. The van der Waals surface area contributed by atoms with Crippen LogP contribution in [-0.2, 0) is 14.3 Å². The molecule has 5 heteroatoms. The SMILES string of the molecule is O=C(COc1ccc2ccccc2c1)NC[C@@H]1COC2(CCCC2)O1. The number of amides is 1. The van der Waals surface area contributed by atoms with Crippen LogP contribution in [0.5, 0.6) is 5.75 Å². The topological polar surface area (TPSA) is 56.8 Å². The molecule has 0 aromatic heterocycles. The van der Waals surface area contributed by atoms with Crippen molar-refractivity contribution in [3.8, 4) is 5.75 Å². The molecule has 2 aromatic carbocycles. The lowest BCUT2D eigenvalue weighted by Gasteiger charge is -2.21. The Hall–Kier alpha value is -2.11. The summed E-state index contributed by atoms with van der Waals surface area (Å²) in [5.41, 5.74) is 0. The summed E-state index contributed by atoms with van der Waals surface area (Å²) in [6.45, 7) is 1.00. The first-order valence-electron chi connectivity index (χ1n) is 8.93. The molecule has 1 saturated heterocycles. The van der Waals surface area contributed by atoms with Gasteiger partial charge in [0.2, 0.25) is 0 Å². The molecule has 2 aliphatic rings. The molecule has 0 radical (unpaired) electrons. The van der Waals surface area contributed by atoms with Crippen LogP contribution in [-0.4, -0.2) is 37.6 Å². The summed E-state index contributed by atoms with van der Waals surface area (Å²) in [5.74, 6) is 0.167. The average molecular weight is 341 g/mol. The largest absolute Gasteiger partial charge is 0.484 e. The molecule has 1 aliphatic carbocycles. The molecule has 4 rings (SSSR count). The van der Waals surface area contributed by atoms with Crippen LogP contribution in [0, 0.1) is 0 Å². The normalized spacial score (nSPS) is 21.7. The number of hydrogen-bond acceptors (Lipinski definition) is 4. The van der Waals surface area contributed by atoms with Crippen molar-refractivity contribution >= 4 is 16.7 Å². The van der Waals surface area contributed by atoms with E-state index in [0.29, 0.717) is 18.9 Å². The van der Waals surface area contributed by atoms with Crippen LogP contribution in [0.2, 0.25) is 0 Å². The van der Waals surface area contributed by atoms with E-state index in [1.54, 1.807) is 0 Å². The first kappa shape index (κ1) is 16.4. The van der Waals surface area contributed by atoms with Crippen LogP contribution >= 0.6 is 0 Å². The number of carbonyl (C=O) groups is 1. The number of hydrogen-bond donors (Lipinski definition) is 1. The quantitative estimate of drug-likeness (QED) is 0.908. The lowest BCUT2D eigenvalue weighted by atomic mass is 10.1. The van der Waals surface area contributed by atoms with Crippen LogP contribution < -0.4 is 10.1 Å². The lowest BCUT2D eigenvalue weighted by molar-refractivity contribution is -0.161. The third-order valence-corrected chi connectivity index (χ3v) is 4.90. The minimum absolute atomic E-state index is 0.00292. The van der Waals surface area contributed by atoms with Crippen LogP contribution in [0.1, 0.15) is 25.7 Å². The van der Waals surface area contributed by atoms with Gasteiger partial charge in [-0.25, -0.2) is 0 Å². The number of ether oxygens (including phenoxy) is 3. The van der Waals surface area contributed by atoms with Gasteiger partial charge in [0.15, 0.2) is 12.4 Å². The molecule has 1 saturated carbocycles. The molecular weight excluding hydrogens is 318 g/mol. The highest BCUT2D eigenvalue weighted by molar-refractivity contribution is 5.84. The van der Waals surface area contributed by atoms with Crippen molar-refractivity contribution in [1.29, 1.82) is 0 Å². The summed E-state index contributed by atoms with van der Waals surface area (Å²) < 4.78 is 17.4. The van der Waals surface area contributed by atoms with Gasteiger partial charge in [-0.05, 0) is 35.7 Å². The molecule has 1 heterocycles. The highest BCUT2D eigenvalue weighted by atomic mass is 16.7. The van der Waals surface area contributed by atoms with Gasteiger partial charge in [0.1, 0.15) is 11.9 Å². The molecule has 132 valence electrons. The zero-order valence-corrected chi connectivity index (χ0v) is 14.2. The van der Waals surface area contributed by atoms with Gasteiger partial charge in [-0.3, -0.25) is 4.79 Å². The Morgan fingerprint density at radius 3 is 2.80 bits per heavy atom. The Bertz CT molecular complexity index is 754. The van der Waals surface area contributed by atoms with Crippen LogP contribution in [0.15, 0.2) is 42.5 Å². The third kappa shape index (κ3) is 3.78. The van der Waals surface area contributed by atoms with E-state index in [0.717, 1.165) is 36.5 Å². The Morgan fingerprint density at radius 2 is 1.96 bits per heavy atom. The molecule has 1 atom stereocenters. The lowest BCUT2D eigenvalue weighted by Crippen LogP contribution is -2.37. The van der Waals surface area contributed by atoms with Gasteiger partial charge >= 0.3 is 0 Å². The van der Waals surface area contributed by atoms with Crippen molar-refractivity contribution < 1.29 is 19.0 Å². The summed E-state index contributed by atoms with van der Waals surface area (Å²) in [4.78, 5) is 12.0. The van der Waals surface area contributed by atoms with Gasteiger partial charge in [-0.2, -0.15) is 0 Å². The molecule has 1 spiro atoms. The Balaban J connectivity index is 1.23. The fourth-order valence-corrected chi connectivity index (χ4v) is 3.58. The van der Waals surface area contributed by atoms with Crippen molar-refractivity contribution in [2.45, 2.75) is 37.6 Å². The maximum absolute atomic E-state index is 12.0. The predicted octanol–water partition coefficient (Wildman–Crippen LogP) is 3.02. The molecule has 5 nitrogen and oxygen atoms in total. The van der Waals surface area contributed by atoms with Crippen molar-refractivity contribution in [1.82, 2.24) is 5.32 Å². The van der Waals surface area contributed by atoms with Gasteiger partial charge in [0, 0.05) is 19.4 Å². The van der Waals surface area contributed by atoms with Crippen molar-refractivity contribution in [2.75, 3.05) is 19.8 Å². The fourth-order valence-electron chi connectivity index (χ4n) is 3.58. The van der Waals surface area contributed by atoms with Gasteiger partial charge in [0.05, 0.1) is 6.61 Å². The maximum atomic E-state index is 12.0. The Morgan fingerprint density at radius 1 is 1.16 bits per heavy atom. The number of carbonyl (C=O) groups excluding carboxylic acids is 1. The van der Waals surface area contributed by atoms with Crippen LogP contribution in [0.3, 0.4) is 0 Å². The second-order valence-corrected chi connectivity index (χ2v) is 6.77. The molecule has 0 unspecified atom stereocenters. The van der Waals surface area contributed by atoms with E-state index in [1.165, 1.54) is 0 Å².